The van der Waals surface area contributed by atoms with Gasteiger partial charge in [0.2, 0.25) is 0 Å². The van der Waals surface area contributed by atoms with Crippen LogP contribution in [0.25, 0.3) is 0 Å². The molecule has 0 radical (unpaired) electrons. The van der Waals surface area contributed by atoms with Crippen LogP contribution in [0.2, 0.25) is 0 Å². The molecular weight excluding hydrogens is 306 g/mol. The molecule has 1 aromatic heterocycles. The molecular formula is C10H8BrN3O2S. The first-order chi connectivity index (χ1) is 8.16. The standard InChI is InChI=1S/C10H8BrN3O2S/c11-9-3-7(14(15)16)1-2-10(9)13-5-8-4-12-6-17-8/h1-4,6,13H,5H2. The van der Waals surface area contributed by atoms with Crippen molar-refractivity contribution in [1.29, 1.82) is 0 Å². The number of non-ortho nitro benzene ring substituents is 1. The number of benzene rings is 1. The number of nitro groups is 1. The highest BCUT2D eigenvalue weighted by Crippen LogP contribution is 2.27. The number of anilines is 1. The lowest BCUT2D eigenvalue weighted by atomic mass is 10.3. The van der Waals surface area contributed by atoms with E-state index in [9.17, 15) is 10.1 Å². The number of halogens is 1. The first-order valence-electron chi connectivity index (χ1n) is 4.72. The Kier molecular flexibility index (Phi) is 3.70. The van der Waals surface area contributed by atoms with E-state index >= 15 is 0 Å². The Balaban J connectivity index is 2.09. The van der Waals surface area contributed by atoms with Crippen molar-refractivity contribution in [2.45, 2.75) is 6.54 Å². The van der Waals surface area contributed by atoms with E-state index in [1.165, 1.54) is 12.1 Å². The summed E-state index contributed by atoms with van der Waals surface area (Å²) in [7, 11) is 0. The molecule has 0 saturated carbocycles. The highest BCUT2D eigenvalue weighted by molar-refractivity contribution is 9.10. The van der Waals surface area contributed by atoms with Crippen LogP contribution in [0.4, 0.5) is 11.4 Å². The second kappa shape index (κ2) is 5.24. The fourth-order valence-corrected chi connectivity index (χ4v) is 2.31. The Morgan fingerprint density at radius 2 is 2.35 bits per heavy atom. The number of nitro benzene ring substituents is 1. The SMILES string of the molecule is O=[N+]([O-])c1ccc(NCc2cncs2)c(Br)c1. The molecule has 7 heteroatoms. The molecule has 1 N–H and O–H groups in total. The molecule has 2 aromatic rings. The molecule has 2 rings (SSSR count). The minimum absolute atomic E-state index is 0.0696. The monoisotopic (exact) mass is 313 g/mol. The summed E-state index contributed by atoms with van der Waals surface area (Å²) >= 11 is 4.86. The highest BCUT2D eigenvalue weighted by atomic mass is 79.9. The van der Waals surface area contributed by atoms with Gasteiger partial charge in [-0.15, -0.1) is 11.3 Å². The summed E-state index contributed by atoms with van der Waals surface area (Å²) in [5.41, 5.74) is 2.66. The van der Waals surface area contributed by atoms with E-state index in [0.29, 0.717) is 11.0 Å². The van der Waals surface area contributed by atoms with Crippen LogP contribution in [0.5, 0.6) is 0 Å². The summed E-state index contributed by atoms with van der Waals surface area (Å²) < 4.78 is 0.677. The minimum Gasteiger partial charge on any atom is -0.379 e. The van der Waals surface area contributed by atoms with Gasteiger partial charge in [0.05, 0.1) is 17.0 Å². The van der Waals surface area contributed by atoms with Gasteiger partial charge in [-0.05, 0) is 22.0 Å². The van der Waals surface area contributed by atoms with Crippen LogP contribution in [0, 0.1) is 10.1 Å². The number of rotatable bonds is 4. The molecule has 0 bridgehead atoms. The molecule has 5 nitrogen and oxygen atoms in total. The maximum atomic E-state index is 10.6. The van der Waals surface area contributed by atoms with Gasteiger partial charge in [0.1, 0.15) is 0 Å². The van der Waals surface area contributed by atoms with Crippen molar-refractivity contribution >= 4 is 38.6 Å². The normalized spacial score (nSPS) is 10.2. The Morgan fingerprint density at radius 3 is 2.94 bits per heavy atom. The quantitative estimate of drug-likeness (QED) is 0.693. The van der Waals surface area contributed by atoms with E-state index in [2.05, 4.69) is 26.2 Å². The number of nitrogens with one attached hydrogen (secondary N) is 1. The van der Waals surface area contributed by atoms with E-state index < -0.39 is 4.92 Å². The third-order valence-corrected chi connectivity index (χ3v) is 3.54. The van der Waals surface area contributed by atoms with Gasteiger partial charge in [-0.1, -0.05) is 0 Å². The molecule has 17 heavy (non-hydrogen) atoms. The molecule has 0 saturated heterocycles. The largest absolute Gasteiger partial charge is 0.379 e. The zero-order valence-electron chi connectivity index (χ0n) is 8.59. The summed E-state index contributed by atoms with van der Waals surface area (Å²) in [4.78, 5) is 15.2. The fraction of sp³-hybridized carbons (Fsp3) is 0.100. The third kappa shape index (κ3) is 3.01. The first-order valence-corrected chi connectivity index (χ1v) is 6.39. The van der Waals surface area contributed by atoms with Crippen LogP contribution < -0.4 is 5.32 Å². The third-order valence-electron chi connectivity index (χ3n) is 2.10. The van der Waals surface area contributed by atoms with Gasteiger partial charge >= 0.3 is 0 Å². The van der Waals surface area contributed by atoms with Crippen molar-refractivity contribution in [3.8, 4) is 0 Å². The predicted molar refractivity (Wildman–Crippen MR) is 70.2 cm³/mol. The first kappa shape index (κ1) is 12.0. The number of thiazole rings is 1. The van der Waals surface area contributed by atoms with Crippen molar-refractivity contribution in [3.05, 3.63) is 49.4 Å². The number of hydrogen-bond acceptors (Lipinski definition) is 5. The average molecular weight is 314 g/mol. The zero-order valence-corrected chi connectivity index (χ0v) is 11.0. The van der Waals surface area contributed by atoms with Crippen molar-refractivity contribution in [2.75, 3.05) is 5.32 Å². The minimum atomic E-state index is -0.419. The Hall–Kier alpha value is -1.47. The molecule has 1 heterocycles. The van der Waals surface area contributed by atoms with E-state index in [1.54, 1.807) is 29.1 Å². The second-order valence-electron chi connectivity index (χ2n) is 3.24. The van der Waals surface area contributed by atoms with Gasteiger partial charge in [0.25, 0.3) is 5.69 Å². The molecule has 0 aliphatic rings. The van der Waals surface area contributed by atoms with Crippen molar-refractivity contribution < 1.29 is 4.92 Å². The van der Waals surface area contributed by atoms with Crippen molar-refractivity contribution in [3.63, 3.8) is 0 Å². The van der Waals surface area contributed by atoms with Crippen LogP contribution in [0.3, 0.4) is 0 Å². The smallest absolute Gasteiger partial charge is 0.270 e. The Bertz CT molecular complexity index is 530. The lowest BCUT2D eigenvalue weighted by Gasteiger charge is -2.06. The van der Waals surface area contributed by atoms with E-state index in [0.717, 1.165) is 10.6 Å². The molecule has 0 spiro atoms. The van der Waals surface area contributed by atoms with Gasteiger partial charge in [0.15, 0.2) is 0 Å². The van der Waals surface area contributed by atoms with E-state index in [4.69, 9.17) is 0 Å². The van der Waals surface area contributed by atoms with Crippen LogP contribution >= 0.6 is 27.3 Å². The second-order valence-corrected chi connectivity index (χ2v) is 5.07. The van der Waals surface area contributed by atoms with Gasteiger partial charge in [0, 0.05) is 33.4 Å². The van der Waals surface area contributed by atoms with Crippen LogP contribution in [-0.2, 0) is 6.54 Å². The van der Waals surface area contributed by atoms with Gasteiger partial charge in [-0.25, -0.2) is 0 Å². The maximum absolute atomic E-state index is 10.6. The highest BCUT2D eigenvalue weighted by Gasteiger charge is 2.08. The fourth-order valence-electron chi connectivity index (χ4n) is 1.27. The van der Waals surface area contributed by atoms with E-state index in [-0.39, 0.29) is 5.69 Å². The van der Waals surface area contributed by atoms with Gasteiger partial charge in [-0.3, -0.25) is 15.1 Å². The Labute approximate surface area is 110 Å². The topological polar surface area (TPSA) is 68.1 Å². The molecule has 0 aliphatic heterocycles. The molecule has 0 atom stereocenters. The summed E-state index contributed by atoms with van der Waals surface area (Å²) in [5.74, 6) is 0. The molecule has 0 unspecified atom stereocenters. The van der Waals surface area contributed by atoms with Gasteiger partial charge in [-0.2, -0.15) is 0 Å². The predicted octanol–water partition coefficient (Wildman–Crippen LogP) is 3.43. The summed E-state index contributed by atoms with van der Waals surface area (Å²) in [6, 6.07) is 4.64. The van der Waals surface area contributed by atoms with Crippen molar-refractivity contribution in [2.24, 2.45) is 0 Å². The molecule has 0 fully saturated rings. The van der Waals surface area contributed by atoms with E-state index in [1.807, 2.05) is 0 Å². The van der Waals surface area contributed by atoms with Crippen LogP contribution in [0.1, 0.15) is 4.88 Å². The van der Waals surface area contributed by atoms with Crippen molar-refractivity contribution in [1.82, 2.24) is 4.98 Å². The van der Waals surface area contributed by atoms with Crippen LogP contribution in [-0.4, -0.2) is 9.91 Å². The molecule has 0 aliphatic carbocycles. The lowest BCUT2D eigenvalue weighted by molar-refractivity contribution is -0.384. The van der Waals surface area contributed by atoms with Gasteiger partial charge < -0.3 is 5.32 Å². The summed E-state index contributed by atoms with van der Waals surface area (Å²) in [5, 5.41) is 13.7. The lowest BCUT2D eigenvalue weighted by Crippen LogP contribution is -1.98. The average Bonchev–Trinajstić information content (AvgIpc) is 2.80. The Morgan fingerprint density at radius 1 is 1.53 bits per heavy atom. The number of aromatic nitrogens is 1. The molecule has 0 amide bonds. The number of nitrogens with zero attached hydrogens (tertiary/aromatic N) is 2. The molecule has 1 aromatic carbocycles. The number of hydrogen-bond donors (Lipinski definition) is 1. The molecule has 88 valence electrons. The van der Waals surface area contributed by atoms with Crippen LogP contribution in [0.15, 0.2) is 34.4 Å². The summed E-state index contributed by atoms with van der Waals surface area (Å²) in [6.45, 7) is 0.654. The summed E-state index contributed by atoms with van der Waals surface area (Å²) in [6.07, 6.45) is 1.79. The zero-order chi connectivity index (χ0) is 12.3. The maximum Gasteiger partial charge on any atom is 0.270 e.